The molecule has 2 aromatic carbocycles. The molecule has 24 heavy (non-hydrogen) atoms. The zero-order valence-electron chi connectivity index (χ0n) is 14.1. The average Bonchev–Trinajstić information content (AvgIpc) is 2.65. The molecule has 0 aliphatic heterocycles. The normalized spacial score (nSPS) is 13.4. The number of benzene rings is 2. The Balaban J connectivity index is 2.14. The van der Waals surface area contributed by atoms with E-state index in [1.165, 1.54) is 0 Å². The van der Waals surface area contributed by atoms with Crippen molar-refractivity contribution in [3.05, 3.63) is 78.1 Å². The standard InChI is InChI=1S/C21H22N2O/c1-3-12-23-20(24)21(2,18-7-5-4-6-8-18)19-10-9-17-15-22-13-11-16(17)14-19/h4-11,13-15H,3,12H2,1-2H3,(H,23,24). The molecule has 1 unspecified atom stereocenters. The van der Waals surface area contributed by atoms with Crippen LogP contribution in [0.25, 0.3) is 10.8 Å². The first kappa shape index (κ1) is 16.2. The van der Waals surface area contributed by atoms with Crippen LogP contribution in [-0.2, 0) is 10.2 Å². The summed E-state index contributed by atoms with van der Waals surface area (Å²) in [5, 5.41) is 5.23. The molecule has 122 valence electrons. The maximum Gasteiger partial charge on any atom is 0.234 e. The molecule has 0 fully saturated rings. The Labute approximate surface area is 142 Å². The Kier molecular flexibility index (Phi) is 4.61. The summed E-state index contributed by atoms with van der Waals surface area (Å²) in [5.41, 5.74) is 1.25. The van der Waals surface area contributed by atoms with E-state index in [-0.39, 0.29) is 5.91 Å². The van der Waals surface area contributed by atoms with Crippen LogP contribution in [0.15, 0.2) is 67.0 Å². The fourth-order valence-corrected chi connectivity index (χ4v) is 3.01. The van der Waals surface area contributed by atoms with Gasteiger partial charge in [0.25, 0.3) is 0 Å². The van der Waals surface area contributed by atoms with Gasteiger partial charge >= 0.3 is 0 Å². The molecule has 1 aromatic heterocycles. The van der Waals surface area contributed by atoms with Gasteiger partial charge < -0.3 is 5.32 Å². The van der Waals surface area contributed by atoms with E-state index in [0.29, 0.717) is 6.54 Å². The van der Waals surface area contributed by atoms with Gasteiger partial charge in [0.1, 0.15) is 0 Å². The van der Waals surface area contributed by atoms with Gasteiger partial charge in [-0.1, -0.05) is 49.4 Å². The third-order valence-electron chi connectivity index (χ3n) is 4.56. The Morgan fingerprint density at radius 2 is 1.83 bits per heavy atom. The fourth-order valence-electron chi connectivity index (χ4n) is 3.01. The van der Waals surface area contributed by atoms with Gasteiger partial charge in [0, 0.05) is 24.3 Å². The third-order valence-corrected chi connectivity index (χ3v) is 4.56. The second-order valence-corrected chi connectivity index (χ2v) is 6.18. The van der Waals surface area contributed by atoms with E-state index in [1.54, 1.807) is 6.20 Å². The van der Waals surface area contributed by atoms with E-state index < -0.39 is 5.41 Å². The van der Waals surface area contributed by atoms with Crippen molar-refractivity contribution in [2.75, 3.05) is 6.54 Å². The Morgan fingerprint density at radius 3 is 2.58 bits per heavy atom. The zero-order chi connectivity index (χ0) is 17.0. The number of nitrogens with one attached hydrogen (secondary N) is 1. The Bertz CT molecular complexity index is 845. The molecule has 0 aliphatic rings. The van der Waals surface area contributed by atoms with Crippen LogP contribution in [0.2, 0.25) is 0 Å². The minimum atomic E-state index is -0.728. The lowest BCUT2D eigenvalue weighted by atomic mass is 9.75. The van der Waals surface area contributed by atoms with Crippen molar-refractivity contribution < 1.29 is 4.79 Å². The van der Waals surface area contributed by atoms with Crippen molar-refractivity contribution in [2.45, 2.75) is 25.7 Å². The molecule has 1 atom stereocenters. The number of pyridine rings is 1. The monoisotopic (exact) mass is 318 g/mol. The molecule has 0 radical (unpaired) electrons. The van der Waals surface area contributed by atoms with Crippen molar-refractivity contribution in [3.63, 3.8) is 0 Å². The van der Waals surface area contributed by atoms with Gasteiger partial charge in [-0.25, -0.2) is 0 Å². The van der Waals surface area contributed by atoms with Gasteiger partial charge in [-0.2, -0.15) is 0 Å². The van der Waals surface area contributed by atoms with Gasteiger partial charge in [-0.05, 0) is 42.0 Å². The number of aromatic nitrogens is 1. The van der Waals surface area contributed by atoms with Crippen molar-refractivity contribution in [1.29, 1.82) is 0 Å². The highest BCUT2D eigenvalue weighted by Gasteiger charge is 2.36. The van der Waals surface area contributed by atoms with Gasteiger partial charge in [0.2, 0.25) is 5.91 Å². The van der Waals surface area contributed by atoms with Crippen molar-refractivity contribution in [2.24, 2.45) is 0 Å². The minimum absolute atomic E-state index is 0.0314. The lowest BCUT2D eigenvalue weighted by Gasteiger charge is -2.30. The van der Waals surface area contributed by atoms with Crippen LogP contribution < -0.4 is 5.32 Å². The highest BCUT2D eigenvalue weighted by molar-refractivity contribution is 5.93. The minimum Gasteiger partial charge on any atom is -0.355 e. The van der Waals surface area contributed by atoms with E-state index in [1.807, 2.05) is 61.7 Å². The molecule has 0 bridgehead atoms. The van der Waals surface area contributed by atoms with E-state index in [0.717, 1.165) is 28.3 Å². The molecule has 1 N–H and O–H groups in total. The highest BCUT2D eigenvalue weighted by atomic mass is 16.2. The van der Waals surface area contributed by atoms with Crippen LogP contribution in [0, 0.1) is 0 Å². The topological polar surface area (TPSA) is 42.0 Å². The van der Waals surface area contributed by atoms with E-state index in [4.69, 9.17) is 0 Å². The van der Waals surface area contributed by atoms with Gasteiger partial charge in [-0.15, -0.1) is 0 Å². The molecule has 1 heterocycles. The molecule has 3 aromatic rings. The SMILES string of the molecule is CCCNC(=O)C(C)(c1ccccc1)c1ccc2cnccc2c1. The lowest BCUT2D eigenvalue weighted by molar-refractivity contribution is -0.124. The summed E-state index contributed by atoms with van der Waals surface area (Å²) in [6.07, 6.45) is 4.54. The number of amides is 1. The van der Waals surface area contributed by atoms with Gasteiger partial charge in [-0.3, -0.25) is 9.78 Å². The molecule has 1 amide bonds. The number of rotatable bonds is 5. The van der Waals surface area contributed by atoms with Crippen molar-refractivity contribution in [3.8, 4) is 0 Å². The molecule has 3 rings (SSSR count). The zero-order valence-corrected chi connectivity index (χ0v) is 14.1. The van der Waals surface area contributed by atoms with Crippen LogP contribution in [0.3, 0.4) is 0 Å². The molecular weight excluding hydrogens is 296 g/mol. The summed E-state index contributed by atoms with van der Waals surface area (Å²) >= 11 is 0. The summed E-state index contributed by atoms with van der Waals surface area (Å²) in [7, 11) is 0. The van der Waals surface area contributed by atoms with Crippen LogP contribution in [0.5, 0.6) is 0 Å². The average molecular weight is 318 g/mol. The quantitative estimate of drug-likeness (QED) is 0.770. The Morgan fingerprint density at radius 1 is 1.04 bits per heavy atom. The van der Waals surface area contributed by atoms with Gasteiger partial charge in [0.15, 0.2) is 0 Å². The third kappa shape index (κ3) is 2.90. The molecule has 0 aliphatic carbocycles. The van der Waals surface area contributed by atoms with Crippen LogP contribution in [0.4, 0.5) is 0 Å². The summed E-state index contributed by atoms with van der Waals surface area (Å²) in [6, 6.07) is 18.1. The van der Waals surface area contributed by atoms with Crippen molar-refractivity contribution >= 4 is 16.7 Å². The number of fused-ring (bicyclic) bond motifs is 1. The van der Waals surface area contributed by atoms with Crippen LogP contribution in [-0.4, -0.2) is 17.4 Å². The molecule has 3 nitrogen and oxygen atoms in total. The number of hydrogen-bond acceptors (Lipinski definition) is 2. The smallest absolute Gasteiger partial charge is 0.234 e. The first-order valence-electron chi connectivity index (χ1n) is 8.34. The molecule has 3 heteroatoms. The number of carbonyl (C=O) groups is 1. The predicted octanol–water partition coefficient (Wildman–Crippen LogP) is 4.07. The first-order valence-corrected chi connectivity index (χ1v) is 8.34. The van der Waals surface area contributed by atoms with E-state index in [9.17, 15) is 4.79 Å². The van der Waals surface area contributed by atoms with Crippen LogP contribution >= 0.6 is 0 Å². The summed E-state index contributed by atoms with van der Waals surface area (Å²) in [4.78, 5) is 17.2. The predicted molar refractivity (Wildman–Crippen MR) is 97.9 cm³/mol. The largest absolute Gasteiger partial charge is 0.355 e. The maximum atomic E-state index is 13.0. The highest BCUT2D eigenvalue weighted by Crippen LogP contribution is 2.34. The fraction of sp³-hybridized carbons (Fsp3) is 0.238. The molecule has 0 saturated carbocycles. The molecule has 0 spiro atoms. The van der Waals surface area contributed by atoms with E-state index in [2.05, 4.69) is 23.3 Å². The number of nitrogens with zero attached hydrogens (tertiary/aromatic N) is 1. The second-order valence-electron chi connectivity index (χ2n) is 6.18. The summed E-state index contributed by atoms with van der Waals surface area (Å²) in [5.74, 6) is 0.0314. The molecular formula is C21H22N2O. The van der Waals surface area contributed by atoms with Gasteiger partial charge in [0.05, 0.1) is 5.41 Å². The second kappa shape index (κ2) is 6.83. The summed E-state index contributed by atoms with van der Waals surface area (Å²) in [6.45, 7) is 4.73. The maximum absolute atomic E-state index is 13.0. The number of carbonyl (C=O) groups excluding carboxylic acids is 1. The number of hydrogen-bond donors (Lipinski definition) is 1. The van der Waals surface area contributed by atoms with Crippen molar-refractivity contribution in [1.82, 2.24) is 10.3 Å². The molecule has 0 saturated heterocycles. The van der Waals surface area contributed by atoms with Crippen LogP contribution in [0.1, 0.15) is 31.4 Å². The summed E-state index contributed by atoms with van der Waals surface area (Å²) < 4.78 is 0. The van der Waals surface area contributed by atoms with E-state index >= 15 is 0 Å². The Hall–Kier alpha value is -2.68. The first-order chi connectivity index (χ1) is 11.7. The lowest BCUT2D eigenvalue weighted by Crippen LogP contribution is -2.43.